The van der Waals surface area contributed by atoms with E-state index >= 15 is 0 Å². The minimum absolute atomic E-state index is 0.0822. The molecular formula is C12H16FN. The van der Waals surface area contributed by atoms with Crippen molar-refractivity contribution >= 4 is 0 Å². The summed E-state index contributed by atoms with van der Waals surface area (Å²) in [5, 5.41) is 3.20. The Morgan fingerprint density at radius 1 is 1.50 bits per heavy atom. The Labute approximate surface area is 84.6 Å². The van der Waals surface area contributed by atoms with Gasteiger partial charge in [-0.2, -0.15) is 0 Å². The quantitative estimate of drug-likeness (QED) is 0.725. The van der Waals surface area contributed by atoms with Crippen LogP contribution in [0.1, 0.15) is 25.5 Å². The lowest BCUT2D eigenvalue weighted by molar-refractivity contribution is 0.554. The molecule has 1 aromatic rings. The zero-order valence-electron chi connectivity index (χ0n) is 8.68. The van der Waals surface area contributed by atoms with E-state index in [1.54, 1.807) is 12.1 Å². The Hall–Kier alpha value is -1.15. The Kier molecular flexibility index (Phi) is 3.84. The van der Waals surface area contributed by atoms with Gasteiger partial charge in [-0.3, -0.25) is 0 Å². The number of hydrogen-bond donors (Lipinski definition) is 1. The predicted octanol–water partition coefficient (Wildman–Crippen LogP) is 3.05. The first-order chi connectivity index (χ1) is 6.66. The summed E-state index contributed by atoms with van der Waals surface area (Å²) in [6.07, 6.45) is 0. The molecule has 1 atom stereocenters. The molecular weight excluding hydrogens is 177 g/mol. The van der Waals surface area contributed by atoms with Gasteiger partial charge in [-0.1, -0.05) is 37.3 Å². The average molecular weight is 193 g/mol. The van der Waals surface area contributed by atoms with Crippen LogP contribution in [-0.2, 0) is 0 Å². The lowest BCUT2D eigenvalue weighted by Crippen LogP contribution is -2.22. The number of rotatable bonds is 4. The first-order valence-electron chi connectivity index (χ1n) is 4.80. The third-order valence-corrected chi connectivity index (χ3v) is 2.12. The molecule has 1 unspecified atom stereocenters. The van der Waals surface area contributed by atoms with E-state index in [1.807, 2.05) is 19.9 Å². The Bertz CT molecular complexity index is 320. The minimum Gasteiger partial charge on any atom is -0.307 e. The monoisotopic (exact) mass is 193 g/mol. The van der Waals surface area contributed by atoms with E-state index in [-0.39, 0.29) is 11.9 Å². The molecule has 0 amide bonds. The first kappa shape index (κ1) is 10.9. The normalized spacial score (nSPS) is 12.5. The summed E-state index contributed by atoms with van der Waals surface area (Å²) >= 11 is 0. The van der Waals surface area contributed by atoms with E-state index in [2.05, 4.69) is 11.9 Å². The third-order valence-electron chi connectivity index (χ3n) is 2.12. The highest BCUT2D eigenvalue weighted by Crippen LogP contribution is 2.22. The third kappa shape index (κ3) is 2.42. The van der Waals surface area contributed by atoms with Crippen LogP contribution in [0, 0.1) is 5.82 Å². The molecule has 0 saturated heterocycles. The molecule has 2 heteroatoms. The van der Waals surface area contributed by atoms with Gasteiger partial charge >= 0.3 is 0 Å². The Morgan fingerprint density at radius 3 is 2.64 bits per heavy atom. The lowest BCUT2D eigenvalue weighted by Gasteiger charge is -2.18. The lowest BCUT2D eigenvalue weighted by atomic mass is 10.0. The Balaban J connectivity index is 2.99. The molecule has 0 aliphatic rings. The fourth-order valence-electron chi connectivity index (χ4n) is 1.46. The summed E-state index contributed by atoms with van der Waals surface area (Å²) in [5.41, 5.74) is 1.60. The van der Waals surface area contributed by atoms with Crippen LogP contribution in [0.15, 0.2) is 36.4 Å². The zero-order valence-corrected chi connectivity index (χ0v) is 8.68. The fraction of sp³-hybridized carbons (Fsp3) is 0.333. The molecule has 0 heterocycles. The van der Waals surface area contributed by atoms with Crippen molar-refractivity contribution in [3.8, 4) is 0 Å². The van der Waals surface area contributed by atoms with Crippen molar-refractivity contribution in [2.45, 2.75) is 19.9 Å². The van der Waals surface area contributed by atoms with Crippen LogP contribution in [0.4, 0.5) is 4.39 Å². The molecule has 0 bridgehead atoms. The van der Waals surface area contributed by atoms with E-state index in [1.165, 1.54) is 6.07 Å². The van der Waals surface area contributed by atoms with Gasteiger partial charge in [-0.15, -0.1) is 0 Å². The maximum atomic E-state index is 13.4. The molecule has 14 heavy (non-hydrogen) atoms. The maximum Gasteiger partial charge on any atom is 0.128 e. The van der Waals surface area contributed by atoms with Gasteiger partial charge in [-0.05, 0) is 19.5 Å². The molecule has 0 aliphatic carbocycles. The zero-order chi connectivity index (χ0) is 10.6. The summed E-state index contributed by atoms with van der Waals surface area (Å²) in [6, 6.07) is 6.72. The van der Waals surface area contributed by atoms with Crippen LogP contribution >= 0.6 is 0 Å². The van der Waals surface area contributed by atoms with Gasteiger partial charge in [0.15, 0.2) is 0 Å². The topological polar surface area (TPSA) is 12.0 Å². The van der Waals surface area contributed by atoms with Gasteiger partial charge in [0.2, 0.25) is 0 Å². The highest BCUT2D eigenvalue weighted by atomic mass is 19.1. The molecule has 0 radical (unpaired) electrons. The van der Waals surface area contributed by atoms with Gasteiger partial charge < -0.3 is 5.32 Å². The van der Waals surface area contributed by atoms with E-state index in [9.17, 15) is 4.39 Å². The molecule has 1 rings (SSSR count). The van der Waals surface area contributed by atoms with Crippen molar-refractivity contribution in [2.24, 2.45) is 0 Å². The van der Waals surface area contributed by atoms with E-state index in [0.29, 0.717) is 5.56 Å². The van der Waals surface area contributed by atoms with Gasteiger partial charge in [0.05, 0.1) is 6.04 Å². The largest absolute Gasteiger partial charge is 0.307 e. The van der Waals surface area contributed by atoms with Crippen LogP contribution in [0.2, 0.25) is 0 Å². The summed E-state index contributed by atoms with van der Waals surface area (Å²) in [5.74, 6) is -0.179. The van der Waals surface area contributed by atoms with Crippen molar-refractivity contribution in [1.82, 2.24) is 5.32 Å². The number of likely N-dealkylation sites (N-methyl/N-ethyl adjacent to an activating group) is 1. The molecule has 1 N–H and O–H groups in total. The molecule has 0 aromatic heterocycles. The van der Waals surface area contributed by atoms with Crippen molar-refractivity contribution < 1.29 is 4.39 Å². The summed E-state index contributed by atoms with van der Waals surface area (Å²) in [7, 11) is 0. The average Bonchev–Trinajstić information content (AvgIpc) is 2.15. The number of halogens is 1. The molecule has 0 aliphatic heterocycles. The SMILES string of the molecule is C=C(C)C(NCC)c1ccccc1F. The molecule has 76 valence electrons. The van der Waals surface area contributed by atoms with Gasteiger partial charge in [0, 0.05) is 5.56 Å². The second kappa shape index (κ2) is 4.91. The van der Waals surface area contributed by atoms with Gasteiger partial charge in [0.1, 0.15) is 5.82 Å². The summed E-state index contributed by atoms with van der Waals surface area (Å²) in [4.78, 5) is 0. The van der Waals surface area contributed by atoms with Crippen molar-refractivity contribution in [1.29, 1.82) is 0 Å². The summed E-state index contributed by atoms with van der Waals surface area (Å²) in [6.45, 7) is 8.56. The highest BCUT2D eigenvalue weighted by molar-refractivity contribution is 5.27. The van der Waals surface area contributed by atoms with Crippen LogP contribution in [0.25, 0.3) is 0 Å². The predicted molar refractivity (Wildman–Crippen MR) is 57.6 cm³/mol. The molecule has 0 saturated carbocycles. The number of hydrogen-bond acceptors (Lipinski definition) is 1. The Morgan fingerprint density at radius 2 is 2.14 bits per heavy atom. The minimum atomic E-state index is -0.179. The second-order valence-electron chi connectivity index (χ2n) is 3.36. The van der Waals surface area contributed by atoms with Gasteiger partial charge in [-0.25, -0.2) is 4.39 Å². The number of nitrogens with one attached hydrogen (secondary N) is 1. The van der Waals surface area contributed by atoms with Crippen LogP contribution in [0.3, 0.4) is 0 Å². The second-order valence-corrected chi connectivity index (χ2v) is 3.36. The molecule has 0 fully saturated rings. The van der Waals surface area contributed by atoms with Crippen LogP contribution in [0.5, 0.6) is 0 Å². The highest BCUT2D eigenvalue weighted by Gasteiger charge is 2.14. The smallest absolute Gasteiger partial charge is 0.128 e. The van der Waals surface area contributed by atoms with Crippen LogP contribution in [-0.4, -0.2) is 6.54 Å². The van der Waals surface area contributed by atoms with Crippen LogP contribution < -0.4 is 5.32 Å². The van der Waals surface area contributed by atoms with Crippen molar-refractivity contribution in [3.63, 3.8) is 0 Å². The fourth-order valence-corrected chi connectivity index (χ4v) is 1.46. The molecule has 1 nitrogen and oxygen atoms in total. The van der Waals surface area contributed by atoms with Gasteiger partial charge in [0.25, 0.3) is 0 Å². The maximum absolute atomic E-state index is 13.4. The number of benzene rings is 1. The standard InChI is InChI=1S/C12H16FN/c1-4-14-12(9(2)3)10-7-5-6-8-11(10)13/h5-8,12,14H,2,4H2,1,3H3. The van der Waals surface area contributed by atoms with E-state index < -0.39 is 0 Å². The van der Waals surface area contributed by atoms with Crippen molar-refractivity contribution in [2.75, 3.05) is 6.54 Å². The summed E-state index contributed by atoms with van der Waals surface area (Å²) < 4.78 is 13.4. The molecule has 0 spiro atoms. The van der Waals surface area contributed by atoms with E-state index in [0.717, 1.165) is 12.1 Å². The van der Waals surface area contributed by atoms with Crippen molar-refractivity contribution in [3.05, 3.63) is 47.8 Å². The first-order valence-corrected chi connectivity index (χ1v) is 4.80. The molecule has 1 aromatic carbocycles. The van der Waals surface area contributed by atoms with E-state index in [4.69, 9.17) is 0 Å².